The van der Waals surface area contributed by atoms with Gasteiger partial charge in [-0.3, -0.25) is 4.68 Å². The Morgan fingerprint density at radius 2 is 1.91 bits per heavy atom. The monoisotopic (exact) mass is 152 g/mol. The van der Waals surface area contributed by atoms with Crippen molar-refractivity contribution in [1.29, 1.82) is 0 Å². The van der Waals surface area contributed by atoms with Gasteiger partial charge < -0.3 is 0 Å². The Balaban J connectivity index is 2.98. The second-order valence-electron chi connectivity index (χ2n) is 3.02. The Morgan fingerprint density at radius 3 is 2.27 bits per heavy atom. The third-order valence-electron chi connectivity index (χ3n) is 2.18. The normalized spacial score (nSPS) is 10.5. The molecule has 1 aromatic heterocycles. The van der Waals surface area contributed by atoms with Gasteiger partial charge in [-0.05, 0) is 32.8 Å². The van der Waals surface area contributed by atoms with Crippen molar-refractivity contribution in [3.05, 3.63) is 17.0 Å². The summed E-state index contributed by atoms with van der Waals surface area (Å²) in [5, 5.41) is 4.42. The molecule has 0 aliphatic carbocycles. The van der Waals surface area contributed by atoms with Crippen molar-refractivity contribution in [2.75, 3.05) is 0 Å². The first-order valence-electron chi connectivity index (χ1n) is 4.17. The summed E-state index contributed by atoms with van der Waals surface area (Å²) in [5.74, 6) is 0. The molecule has 0 fully saturated rings. The summed E-state index contributed by atoms with van der Waals surface area (Å²) >= 11 is 0. The van der Waals surface area contributed by atoms with Crippen molar-refractivity contribution in [2.24, 2.45) is 0 Å². The van der Waals surface area contributed by atoms with Gasteiger partial charge in [0.05, 0.1) is 5.69 Å². The molecule has 2 heteroatoms. The smallest absolute Gasteiger partial charge is 0.0625 e. The van der Waals surface area contributed by atoms with E-state index in [4.69, 9.17) is 0 Å². The fraction of sp³-hybridized carbons (Fsp3) is 0.667. The summed E-state index contributed by atoms with van der Waals surface area (Å²) in [6.07, 6.45) is 1.15. The van der Waals surface area contributed by atoms with Crippen molar-refractivity contribution in [2.45, 2.75) is 40.7 Å². The molecule has 0 aliphatic rings. The first-order valence-corrected chi connectivity index (χ1v) is 4.17. The average Bonchev–Trinajstić information content (AvgIpc) is 2.19. The van der Waals surface area contributed by atoms with E-state index >= 15 is 0 Å². The molecule has 0 atom stereocenters. The van der Waals surface area contributed by atoms with E-state index < -0.39 is 0 Å². The van der Waals surface area contributed by atoms with E-state index in [1.54, 1.807) is 0 Å². The first kappa shape index (κ1) is 8.31. The maximum atomic E-state index is 4.42. The molecule has 0 aliphatic heterocycles. The van der Waals surface area contributed by atoms with Crippen LogP contribution in [0.2, 0.25) is 0 Å². The second kappa shape index (κ2) is 3.07. The van der Waals surface area contributed by atoms with Crippen LogP contribution in [-0.2, 0) is 6.54 Å². The van der Waals surface area contributed by atoms with Crippen LogP contribution in [-0.4, -0.2) is 9.78 Å². The molecule has 0 radical (unpaired) electrons. The van der Waals surface area contributed by atoms with Crippen LogP contribution in [0.3, 0.4) is 0 Å². The highest BCUT2D eigenvalue weighted by Crippen LogP contribution is 2.10. The zero-order valence-electron chi connectivity index (χ0n) is 7.81. The maximum Gasteiger partial charge on any atom is 0.0625 e. The van der Waals surface area contributed by atoms with Crippen molar-refractivity contribution < 1.29 is 0 Å². The van der Waals surface area contributed by atoms with Gasteiger partial charge in [0.25, 0.3) is 0 Å². The van der Waals surface area contributed by atoms with Crippen LogP contribution in [0.15, 0.2) is 0 Å². The van der Waals surface area contributed by atoms with E-state index in [0.717, 1.165) is 18.7 Å². The average molecular weight is 152 g/mol. The highest BCUT2D eigenvalue weighted by Gasteiger charge is 2.04. The number of aryl methyl sites for hydroxylation is 2. The predicted molar refractivity (Wildman–Crippen MR) is 46.7 cm³/mol. The van der Waals surface area contributed by atoms with E-state index in [9.17, 15) is 0 Å². The number of rotatable bonds is 2. The van der Waals surface area contributed by atoms with Crippen molar-refractivity contribution in [3.63, 3.8) is 0 Å². The third kappa shape index (κ3) is 1.44. The summed E-state index contributed by atoms with van der Waals surface area (Å²) in [4.78, 5) is 0. The number of nitrogens with zero attached hydrogens (tertiary/aromatic N) is 2. The molecule has 0 aromatic carbocycles. The minimum Gasteiger partial charge on any atom is -0.269 e. The van der Waals surface area contributed by atoms with Crippen molar-refractivity contribution in [3.8, 4) is 0 Å². The molecule has 1 aromatic rings. The van der Waals surface area contributed by atoms with Gasteiger partial charge >= 0.3 is 0 Å². The lowest BCUT2D eigenvalue weighted by Gasteiger charge is -2.00. The van der Waals surface area contributed by atoms with Gasteiger partial charge in [-0.2, -0.15) is 5.10 Å². The van der Waals surface area contributed by atoms with Crippen LogP contribution in [0.25, 0.3) is 0 Å². The van der Waals surface area contributed by atoms with Gasteiger partial charge in [-0.15, -0.1) is 0 Å². The van der Waals surface area contributed by atoms with Crippen LogP contribution in [0.5, 0.6) is 0 Å². The molecule has 0 spiro atoms. The summed E-state index contributed by atoms with van der Waals surface area (Å²) in [6.45, 7) is 9.54. The van der Waals surface area contributed by atoms with Crippen molar-refractivity contribution >= 4 is 0 Å². The van der Waals surface area contributed by atoms with E-state index in [2.05, 4.69) is 37.5 Å². The molecule has 0 unspecified atom stereocenters. The predicted octanol–water partition coefficient (Wildman–Crippen LogP) is 2.22. The summed E-state index contributed by atoms with van der Waals surface area (Å²) in [5.41, 5.74) is 3.80. The molecule has 0 saturated heterocycles. The summed E-state index contributed by atoms with van der Waals surface area (Å²) in [7, 11) is 0. The Labute approximate surface area is 68.2 Å². The van der Waals surface area contributed by atoms with Crippen LogP contribution < -0.4 is 0 Å². The Bertz CT molecular complexity index is 248. The zero-order chi connectivity index (χ0) is 8.43. The lowest BCUT2D eigenvalue weighted by atomic mass is 10.2. The molecule has 0 N–H and O–H groups in total. The fourth-order valence-electron chi connectivity index (χ4n) is 1.22. The highest BCUT2D eigenvalue weighted by molar-refractivity contribution is 5.21. The third-order valence-corrected chi connectivity index (χ3v) is 2.18. The van der Waals surface area contributed by atoms with Crippen LogP contribution in [0, 0.1) is 20.8 Å². The molecule has 1 heterocycles. The lowest BCUT2D eigenvalue weighted by Crippen LogP contribution is -2.01. The van der Waals surface area contributed by atoms with E-state index in [0.29, 0.717) is 0 Å². The molecular formula is C9H16N2. The lowest BCUT2D eigenvalue weighted by molar-refractivity contribution is 0.583. The first-order chi connectivity index (χ1) is 5.16. The van der Waals surface area contributed by atoms with Crippen LogP contribution >= 0.6 is 0 Å². The van der Waals surface area contributed by atoms with Crippen LogP contribution in [0.1, 0.15) is 30.3 Å². The summed E-state index contributed by atoms with van der Waals surface area (Å²) in [6, 6.07) is 0. The molecule has 62 valence electrons. The van der Waals surface area contributed by atoms with Gasteiger partial charge in [0.1, 0.15) is 0 Å². The standard InChI is InChI=1S/C9H16N2/c1-5-6-11-9(4)7(2)8(3)10-11/h5-6H2,1-4H3. The summed E-state index contributed by atoms with van der Waals surface area (Å²) < 4.78 is 2.09. The quantitative estimate of drug-likeness (QED) is 0.635. The van der Waals surface area contributed by atoms with Gasteiger partial charge in [0.2, 0.25) is 0 Å². The molecule has 2 nitrogen and oxygen atoms in total. The van der Waals surface area contributed by atoms with Gasteiger partial charge in [0.15, 0.2) is 0 Å². The number of aromatic nitrogens is 2. The minimum atomic E-state index is 1.04. The molecule has 0 amide bonds. The van der Waals surface area contributed by atoms with Gasteiger partial charge in [-0.25, -0.2) is 0 Å². The van der Waals surface area contributed by atoms with Crippen molar-refractivity contribution in [1.82, 2.24) is 9.78 Å². The molecular weight excluding hydrogens is 136 g/mol. The number of hydrogen-bond acceptors (Lipinski definition) is 1. The van der Waals surface area contributed by atoms with Gasteiger partial charge in [0, 0.05) is 12.2 Å². The maximum absolute atomic E-state index is 4.42. The zero-order valence-corrected chi connectivity index (χ0v) is 7.81. The Kier molecular flexibility index (Phi) is 2.32. The highest BCUT2D eigenvalue weighted by atomic mass is 15.3. The van der Waals surface area contributed by atoms with E-state index in [1.807, 2.05) is 0 Å². The van der Waals surface area contributed by atoms with E-state index in [-0.39, 0.29) is 0 Å². The van der Waals surface area contributed by atoms with Crippen LogP contribution in [0.4, 0.5) is 0 Å². The van der Waals surface area contributed by atoms with E-state index in [1.165, 1.54) is 11.3 Å². The largest absolute Gasteiger partial charge is 0.269 e. The second-order valence-corrected chi connectivity index (χ2v) is 3.02. The molecule has 0 bridgehead atoms. The molecule has 11 heavy (non-hydrogen) atoms. The Hall–Kier alpha value is -0.790. The number of hydrogen-bond donors (Lipinski definition) is 0. The molecule has 0 saturated carbocycles. The molecule has 1 rings (SSSR count). The van der Waals surface area contributed by atoms with Gasteiger partial charge in [-0.1, -0.05) is 6.92 Å². The topological polar surface area (TPSA) is 17.8 Å². The minimum absolute atomic E-state index is 1.04. The SMILES string of the molecule is CCCn1nc(C)c(C)c1C. The Morgan fingerprint density at radius 1 is 1.27 bits per heavy atom. The fourth-order valence-corrected chi connectivity index (χ4v) is 1.22.